The van der Waals surface area contributed by atoms with Crippen LogP contribution in [0.2, 0.25) is 0 Å². The van der Waals surface area contributed by atoms with Crippen LogP contribution in [0.15, 0.2) is 158 Å². The van der Waals surface area contributed by atoms with Gasteiger partial charge in [-0.2, -0.15) is 5.26 Å². The van der Waals surface area contributed by atoms with Gasteiger partial charge in [0.1, 0.15) is 23.2 Å². The molecule has 340 valence electrons. The van der Waals surface area contributed by atoms with E-state index in [1.54, 1.807) is 14.2 Å². The van der Waals surface area contributed by atoms with Crippen LogP contribution in [0.25, 0.3) is 32.3 Å². The molecule has 0 radical (unpaired) electrons. The van der Waals surface area contributed by atoms with Crippen LogP contribution >= 0.6 is 8.53 Å². The zero-order valence-electron chi connectivity index (χ0n) is 39.1. The van der Waals surface area contributed by atoms with Crippen molar-refractivity contribution < 1.29 is 28.0 Å². The van der Waals surface area contributed by atoms with Gasteiger partial charge in [-0.3, -0.25) is 0 Å². The van der Waals surface area contributed by atoms with E-state index in [1.165, 1.54) is 26.9 Å². The fourth-order valence-corrected chi connectivity index (χ4v) is 10.5. The minimum Gasteiger partial charge on any atom is -0.497 e. The van der Waals surface area contributed by atoms with Crippen LogP contribution in [0, 0.1) is 23.2 Å². The Morgan fingerprint density at radius 1 is 0.597 bits per heavy atom. The predicted molar refractivity (Wildman–Crippen MR) is 271 cm³/mol. The molecule has 0 amide bonds. The zero-order valence-corrected chi connectivity index (χ0v) is 40.0. The number of hydrogen-bond acceptors (Lipinski definition) is 8. The van der Waals surface area contributed by atoms with Gasteiger partial charge in [-0.25, -0.2) is 4.67 Å². The van der Waals surface area contributed by atoms with E-state index in [2.05, 4.69) is 129 Å². The van der Waals surface area contributed by atoms with Gasteiger partial charge in [-0.1, -0.05) is 127 Å². The van der Waals surface area contributed by atoms with Crippen molar-refractivity contribution in [2.75, 3.05) is 34.0 Å². The summed E-state index contributed by atoms with van der Waals surface area (Å²) < 4.78 is 40.7. The summed E-state index contributed by atoms with van der Waals surface area (Å²) in [5, 5.41) is 16.9. The smallest absolute Gasteiger partial charge is 0.259 e. The Morgan fingerprint density at radius 2 is 1.18 bits per heavy atom. The van der Waals surface area contributed by atoms with Gasteiger partial charge >= 0.3 is 0 Å². The van der Waals surface area contributed by atoms with E-state index in [-0.39, 0.29) is 38.3 Å². The number of hydrogen-bond donors (Lipinski definition) is 0. The highest BCUT2D eigenvalue weighted by molar-refractivity contribution is 7.44. The van der Waals surface area contributed by atoms with Gasteiger partial charge < -0.3 is 28.0 Å². The molecule has 1 unspecified atom stereocenters. The van der Waals surface area contributed by atoms with Crippen molar-refractivity contribution in [3.63, 3.8) is 0 Å². The molecule has 0 aromatic heterocycles. The van der Waals surface area contributed by atoms with Crippen molar-refractivity contribution >= 4 is 40.8 Å². The SMILES string of the molecule is COc1ccc(C(OCC(COCc2ccc(C#Cc3ccc4ccc5cccc6ccc3c4c56)cc2)O[P@@](OCCC#N)N(C(C)C)C(C)C)(c2ccccc2)c2ccc(OC)cc2)cc1. The van der Waals surface area contributed by atoms with Crippen LogP contribution in [0.3, 0.4) is 0 Å². The largest absolute Gasteiger partial charge is 0.497 e. The van der Waals surface area contributed by atoms with Gasteiger partial charge in [-0.05, 0) is 125 Å². The third-order valence-corrected chi connectivity index (χ3v) is 14.1. The lowest BCUT2D eigenvalue weighted by atomic mass is 9.80. The van der Waals surface area contributed by atoms with Gasteiger partial charge in [0.05, 0.1) is 53.1 Å². The summed E-state index contributed by atoms with van der Waals surface area (Å²) in [5.74, 6) is 8.36. The maximum Gasteiger partial charge on any atom is 0.259 e. The molecule has 0 spiro atoms. The highest BCUT2D eigenvalue weighted by Crippen LogP contribution is 2.48. The molecule has 0 saturated heterocycles. The van der Waals surface area contributed by atoms with Crippen molar-refractivity contribution in [2.45, 2.75) is 64.5 Å². The second-order valence-electron chi connectivity index (χ2n) is 17.0. The van der Waals surface area contributed by atoms with Crippen LogP contribution in [-0.2, 0) is 30.7 Å². The van der Waals surface area contributed by atoms with Crippen LogP contribution in [-0.4, -0.2) is 56.9 Å². The first-order valence-corrected chi connectivity index (χ1v) is 23.9. The summed E-state index contributed by atoms with van der Waals surface area (Å²) in [6.07, 6.45) is -0.336. The molecule has 0 fully saturated rings. The molecular formula is C58H57N2O6P. The topological polar surface area (TPSA) is 82.4 Å². The maximum atomic E-state index is 9.45. The molecule has 0 N–H and O–H groups in total. The number of benzene rings is 8. The van der Waals surface area contributed by atoms with Gasteiger partial charge in [0, 0.05) is 23.2 Å². The Balaban J connectivity index is 1.07. The number of ether oxygens (including phenoxy) is 4. The van der Waals surface area contributed by atoms with E-state index in [0.717, 1.165) is 50.3 Å². The standard InChI is InChI=1S/C58H57N2O6P/c1-41(2)60(42(3)4)67(65-37-11-36-59)66-54(40-64-58(49-14-8-7-9-15-49,50-27-31-52(61-5)32-28-50)51-29-33-53(62-6)34-30-51)39-63-38-44-18-16-43(17-19-44)20-21-45-22-23-48-25-24-46-12-10-13-47-26-35-55(45)57(48)56(46)47/h7-10,12-19,22-35,41-42,54H,11,37-40H2,1-6H3/t54?,67-/m1/s1. The first kappa shape index (κ1) is 47.2. The Kier molecular flexibility index (Phi) is 15.5. The summed E-state index contributed by atoms with van der Waals surface area (Å²) in [4.78, 5) is 0. The normalized spacial score (nSPS) is 12.7. The summed E-state index contributed by atoms with van der Waals surface area (Å²) >= 11 is 0. The van der Waals surface area contributed by atoms with Crippen LogP contribution in [0.1, 0.15) is 67.5 Å². The molecule has 0 aliphatic carbocycles. The number of rotatable bonds is 20. The zero-order chi connectivity index (χ0) is 46.8. The Morgan fingerprint density at radius 3 is 1.78 bits per heavy atom. The lowest BCUT2D eigenvalue weighted by Crippen LogP contribution is -2.39. The monoisotopic (exact) mass is 908 g/mol. The lowest BCUT2D eigenvalue weighted by molar-refractivity contribution is -0.0611. The third kappa shape index (κ3) is 10.6. The van der Waals surface area contributed by atoms with E-state index >= 15 is 0 Å². The summed E-state index contributed by atoms with van der Waals surface area (Å²) in [6.45, 7) is 9.43. The second kappa shape index (κ2) is 22.0. The van der Waals surface area contributed by atoms with Crippen LogP contribution < -0.4 is 9.47 Å². The van der Waals surface area contributed by atoms with Crippen molar-refractivity contribution in [1.29, 1.82) is 5.26 Å². The molecule has 0 aliphatic heterocycles. The maximum absolute atomic E-state index is 9.45. The minimum atomic E-state index is -1.63. The predicted octanol–water partition coefficient (Wildman–Crippen LogP) is 13.2. The highest BCUT2D eigenvalue weighted by Gasteiger charge is 2.40. The second-order valence-corrected chi connectivity index (χ2v) is 18.4. The van der Waals surface area contributed by atoms with Gasteiger partial charge in [0.2, 0.25) is 0 Å². The molecule has 8 nitrogen and oxygen atoms in total. The molecule has 2 atom stereocenters. The molecule has 0 aliphatic rings. The van der Waals surface area contributed by atoms with E-state index in [0.29, 0.717) is 6.61 Å². The van der Waals surface area contributed by atoms with Crippen LogP contribution in [0.4, 0.5) is 0 Å². The Bertz CT molecular complexity index is 2890. The average molecular weight is 909 g/mol. The third-order valence-electron chi connectivity index (χ3n) is 12.0. The quantitative estimate of drug-likeness (QED) is 0.0246. The molecule has 67 heavy (non-hydrogen) atoms. The molecule has 0 bridgehead atoms. The highest BCUT2D eigenvalue weighted by atomic mass is 31.2. The van der Waals surface area contributed by atoms with E-state index in [9.17, 15) is 5.26 Å². The number of nitriles is 1. The molecule has 9 heteroatoms. The van der Waals surface area contributed by atoms with Gasteiger partial charge in [0.15, 0.2) is 0 Å². The Hall–Kier alpha value is -6.32. The summed E-state index contributed by atoms with van der Waals surface area (Å²) in [6, 6.07) is 56.4. The van der Waals surface area contributed by atoms with E-state index in [1.807, 2.05) is 78.9 Å². The first-order chi connectivity index (χ1) is 32.7. The van der Waals surface area contributed by atoms with E-state index in [4.69, 9.17) is 28.0 Å². The van der Waals surface area contributed by atoms with Crippen LogP contribution in [0.5, 0.6) is 11.5 Å². The van der Waals surface area contributed by atoms with Crippen molar-refractivity contribution in [2.24, 2.45) is 0 Å². The molecule has 8 aromatic rings. The first-order valence-electron chi connectivity index (χ1n) is 22.8. The lowest BCUT2D eigenvalue weighted by Gasteiger charge is -2.39. The molecular weight excluding hydrogens is 852 g/mol. The number of methoxy groups -OCH3 is 2. The average Bonchev–Trinajstić information content (AvgIpc) is 3.36. The summed E-state index contributed by atoms with van der Waals surface area (Å²) in [7, 11) is 1.70. The molecule has 0 saturated carbocycles. The fourth-order valence-electron chi connectivity index (χ4n) is 8.80. The Labute approximate surface area is 396 Å². The summed E-state index contributed by atoms with van der Waals surface area (Å²) in [5.41, 5.74) is 4.60. The van der Waals surface area contributed by atoms with Crippen molar-refractivity contribution in [1.82, 2.24) is 4.67 Å². The molecule has 0 heterocycles. The minimum absolute atomic E-state index is 0.105. The number of nitrogens with zero attached hydrogens (tertiary/aromatic N) is 2. The van der Waals surface area contributed by atoms with Crippen molar-refractivity contribution in [3.05, 3.63) is 191 Å². The van der Waals surface area contributed by atoms with Gasteiger partial charge in [0.25, 0.3) is 8.53 Å². The van der Waals surface area contributed by atoms with Crippen molar-refractivity contribution in [3.8, 4) is 29.4 Å². The molecule has 8 aromatic carbocycles. The van der Waals surface area contributed by atoms with E-state index < -0.39 is 20.2 Å². The van der Waals surface area contributed by atoms with Gasteiger partial charge in [-0.15, -0.1) is 0 Å². The molecule has 8 rings (SSSR count). The fraction of sp³-hybridized carbons (Fsp3) is 0.259.